The van der Waals surface area contributed by atoms with E-state index < -0.39 is 0 Å². The van der Waals surface area contributed by atoms with Crippen LogP contribution in [0.25, 0.3) is 0 Å². The van der Waals surface area contributed by atoms with Crippen molar-refractivity contribution in [3.05, 3.63) is 35.4 Å². The average Bonchev–Trinajstić information content (AvgIpc) is 2.77. The quantitative estimate of drug-likeness (QED) is 0.844. The Morgan fingerprint density at radius 1 is 1.37 bits per heavy atom. The lowest BCUT2D eigenvalue weighted by molar-refractivity contribution is 0.207. The molecule has 1 unspecified atom stereocenters. The molecule has 1 aliphatic rings. The minimum absolute atomic E-state index is 0.368. The van der Waals surface area contributed by atoms with Crippen molar-refractivity contribution in [3.8, 4) is 0 Å². The molecule has 1 saturated heterocycles. The first-order valence-electron chi connectivity index (χ1n) is 7.63. The predicted octanol–water partition coefficient (Wildman–Crippen LogP) is 3.35. The van der Waals surface area contributed by atoms with Crippen LogP contribution in [0, 0.1) is 6.92 Å². The van der Waals surface area contributed by atoms with Crippen molar-refractivity contribution in [1.29, 1.82) is 0 Å². The summed E-state index contributed by atoms with van der Waals surface area (Å²) in [5.41, 5.74) is 3.15. The molecule has 1 heterocycles. The fourth-order valence-electron chi connectivity index (χ4n) is 3.47. The monoisotopic (exact) mass is 260 g/mol. The Balaban J connectivity index is 1.94. The molecule has 2 rings (SSSR count). The number of hydrogen-bond acceptors (Lipinski definition) is 2. The summed E-state index contributed by atoms with van der Waals surface area (Å²) in [4.78, 5) is 2.47. The minimum Gasteiger partial charge on any atom is -0.310 e. The number of benzene rings is 1. The molecule has 0 aliphatic carbocycles. The molecule has 0 amide bonds. The maximum absolute atomic E-state index is 3.76. The molecule has 106 valence electrons. The lowest BCUT2D eigenvalue weighted by Gasteiger charge is -2.34. The zero-order valence-corrected chi connectivity index (χ0v) is 12.7. The molecule has 2 heteroatoms. The molecule has 0 bridgehead atoms. The normalized spacial score (nSPS) is 23.2. The van der Waals surface area contributed by atoms with Crippen LogP contribution in [0.1, 0.15) is 43.7 Å². The van der Waals surface area contributed by atoms with Crippen LogP contribution < -0.4 is 5.32 Å². The lowest BCUT2D eigenvalue weighted by Crippen LogP contribution is -2.48. The van der Waals surface area contributed by atoms with Crippen LogP contribution in [0.3, 0.4) is 0 Å². The number of hydrogen-bond donors (Lipinski definition) is 1. The van der Waals surface area contributed by atoms with Crippen molar-refractivity contribution in [1.82, 2.24) is 10.2 Å². The second-order valence-corrected chi connectivity index (χ2v) is 6.22. The highest BCUT2D eigenvalue weighted by Gasteiger charge is 2.33. The van der Waals surface area contributed by atoms with Crippen LogP contribution in [-0.4, -0.2) is 30.6 Å². The van der Waals surface area contributed by atoms with E-state index in [0.29, 0.717) is 5.54 Å². The van der Waals surface area contributed by atoms with Gasteiger partial charge in [0.15, 0.2) is 0 Å². The molecule has 0 spiro atoms. The van der Waals surface area contributed by atoms with Crippen molar-refractivity contribution in [2.45, 2.75) is 51.6 Å². The first-order chi connectivity index (χ1) is 9.13. The van der Waals surface area contributed by atoms with Gasteiger partial charge in [-0.15, -0.1) is 0 Å². The zero-order valence-electron chi connectivity index (χ0n) is 12.7. The van der Waals surface area contributed by atoms with E-state index in [1.54, 1.807) is 0 Å². The number of nitrogens with zero attached hydrogens (tertiary/aromatic N) is 1. The molecule has 2 nitrogen and oxygen atoms in total. The smallest absolute Gasteiger partial charge is 0.0309 e. The third-order valence-electron chi connectivity index (χ3n) is 4.17. The molecule has 1 aliphatic heterocycles. The van der Waals surface area contributed by atoms with Gasteiger partial charge in [-0.2, -0.15) is 0 Å². The van der Waals surface area contributed by atoms with E-state index in [-0.39, 0.29) is 0 Å². The Morgan fingerprint density at radius 2 is 2.21 bits per heavy atom. The van der Waals surface area contributed by atoms with E-state index in [1.807, 2.05) is 0 Å². The number of likely N-dealkylation sites (N-methyl/N-ethyl adjacent to an activating group) is 1. The van der Waals surface area contributed by atoms with Gasteiger partial charge in [-0.25, -0.2) is 0 Å². The Morgan fingerprint density at radius 3 is 2.84 bits per heavy atom. The Hall–Kier alpha value is -0.860. The fourth-order valence-corrected chi connectivity index (χ4v) is 3.47. The van der Waals surface area contributed by atoms with Gasteiger partial charge >= 0.3 is 0 Å². The molecule has 1 aromatic carbocycles. The van der Waals surface area contributed by atoms with E-state index in [1.165, 1.54) is 43.4 Å². The highest BCUT2D eigenvalue weighted by atomic mass is 15.2. The van der Waals surface area contributed by atoms with Crippen LogP contribution in [0.4, 0.5) is 0 Å². The summed E-state index contributed by atoms with van der Waals surface area (Å²) in [5.74, 6) is 0. The molecule has 0 saturated carbocycles. The van der Waals surface area contributed by atoms with E-state index in [0.717, 1.165) is 13.1 Å². The Bertz CT molecular complexity index is 394. The largest absolute Gasteiger partial charge is 0.310 e. The number of nitrogens with one attached hydrogen (secondary N) is 1. The summed E-state index contributed by atoms with van der Waals surface area (Å²) in [6, 6.07) is 8.86. The van der Waals surface area contributed by atoms with Gasteiger partial charge in [0.1, 0.15) is 0 Å². The van der Waals surface area contributed by atoms with Crippen molar-refractivity contribution < 1.29 is 0 Å². The Kier molecular flexibility index (Phi) is 5.00. The highest BCUT2D eigenvalue weighted by Crippen LogP contribution is 2.26. The summed E-state index contributed by atoms with van der Waals surface area (Å²) in [6.07, 6.45) is 5.23. The average molecular weight is 260 g/mol. The van der Waals surface area contributed by atoms with Crippen LogP contribution in [0.15, 0.2) is 24.3 Å². The molecule has 1 fully saturated rings. The summed E-state index contributed by atoms with van der Waals surface area (Å²) in [6.45, 7) is 7.87. The van der Waals surface area contributed by atoms with Crippen molar-refractivity contribution in [2.75, 3.05) is 20.1 Å². The molecular weight excluding hydrogens is 232 g/mol. The Labute approximate surface area is 118 Å². The first-order valence-corrected chi connectivity index (χ1v) is 7.63. The second kappa shape index (κ2) is 6.53. The van der Waals surface area contributed by atoms with Crippen molar-refractivity contribution >= 4 is 0 Å². The van der Waals surface area contributed by atoms with Gasteiger partial charge in [-0.3, -0.25) is 0 Å². The third-order valence-corrected chi connectivity index (χ3v) is 4.17. The van der Waals surface area contributed by atoms with Crippen molar-refractivity contribution in [3.63, 3.8) is 0 Å². The molecule has 0 radical (unpaired) electrons. The fraction of sp³-hybridized carbons (Fsp3) is 0.647. The maximum atomic E-state index is 3.76. The van der Waals surface area contributed by atoms with E-state index in [9.17, 15) is 0 Å². The molecule has 0 aromatic heterocycles. The number of aryl methyl sites for hydroxylation is 1. The van der Waals surface area contributed by atoms with Crippen LogP contribution in [0.5, 0.6) is 0 Å². The van der Waals surface area contributed by atoms with Gasteiger partial charge in [0.25, 0.3) is 0 Å². The SMILES string of the molecule is CCCC1(CN(C)Cc2cccc(C)c2)CCCN1. The van der Waals surface area contributed by atoms with Gasteiger partial charge in [0.2, 0.25) is 0 Å². The van der Waals surface area contributed by atoms with Gasteiger partial charge in [-0.1, -0.05) is 43.2 Å². The van der Waals surface area contributed by atoms with E-state index in [4.69, 9.17) is 0 Å². The predicted molar refractivity (Wildman–Crippen MR) is 82.4 cm³/mol. The number of rotatable bonds is 6. The molecule has 19 heavy (non-hydrogen) atoms. The molecule has 1 aromatic rings. The summed E-state index contributed by atoms with van der Waals surface area (Å²) in [5, 5.41) is 3.76. The van der Waals surface area contributed by atoms with E-state index in [2.05, 4.69) is 55.4 Å². The lowest BCUT2D eigenvalue weighted by atomic mass is 9.91. The van der Waals surface area contributed by atoms with Gasteiger partial charge in [0, 0.05) is 18.6 Å². The van der Waals surface area contributed by atoms with Gasteiger partial charge in [0.05, 0.1) is 0 Å². The van der Waals surface area contributed by atoms with Gasteiger partial charge < -0.3 is 10.2 Å². The maximum Gasteiger partial charge on any atom is 0.0309 e. The summed E-state index contributed by atoms with van der Waals surface area (Å²) >= 11 is 0. The van der Waals surface area contributed by atoms with E-state index >= 15 is 0 Å². The third kappa shape index (κ3) is 4.05. The first kappa shape index (κ1) is 14.5. The van der Waals surface area contributed by atoms with Crippen LogP contribution in [0.2, 0.25) is 0 Å². The second-order valence-electron chi connectivity index (χ2n) is 6.22. The van der Waals surface area contributed by atoms with Gasteiger partial charge in [-0.05, 0) is 45.3 Å². The standard InChI is InChI=1S/C17H28N2/c1-4-9-17(10-6-11-18-17)14-19(3)13-16-8-5-7-15(2)12-16/h5,7-8,12,18H,4,6,9-11,13-14H2,1-3H3. The highest BCUT2D eigenvalue weighted by molar-refractivity contribution is 5.22. The summed E-state index contributed by atoms with van der Waals surface area (Å²) in [7, 11) is 2.25. The zero-order chi connectivity index (χ0) is 13.7. The summed E-state index contributed by atoms with van der Waals surface area (Å²) < 4.78 is 0. The van der Waals surface area contributed by atoms with Crippen LogP contribution in [-0.2, 0) is 6.54 Å². The molecular formula is C17H28N2. The topological polar surface area (TPSA) is 15.3 Å². The van der Waals surface area contributed by atoms with Crippen molar-refractivity contribution in [2.24, 2.45) is 0 Å². The van der Waals surface area contributed by atoms with Crippen LogP contribution >= 0.6 is 0 Å². The minimum atomic E-state index is 0.368. The molecule has 1 N–H and O–H groups in total. The molecule has 1 atom stereocenters.